The summed E-state index contributed by atoms with van der Waals surface area (Å²) >= 11 is 0. The molecule has 0 unspecified atom stereocenters. The summed E-state index contributed by atoms with van der Waals surface area (Å²) in [5.41, 5.74) is 1.32. The molecule has 0 rings (SSSR count). The van der Waals surface area contributed by atoms with E-state index in [1.165, 1.54) is 14.2 Å². The van der Waals surface area contributed by atoms with Gasteiger partial charge in [-0.1, -0.05) is 54.2 Å². The highest BCUT2D eigenvalue weighted by Gasteiger charge is 2.46. The lowest BCUT2D eigenvalue weighted by Crippen LogP contribution is -2.47. The first-order chi connectivity index (χ1) is 11.5. The van der Waals surface area contributed by atoms with Crippen molar-refractivity contribution in [3.63, 3.8) is 0 Å². The van der Waals surface area contributed by atoms with Crippen LogP contribution in [-0.2, 0) is 23.5 Å². The number of allylic oxidation sites excluding steroid dienone is 2. The molecule has 0 saturated heterocycles. The molecule has 25 heavy (non-hydrogen) atoms. The van der Waals surface area contributed by atoms with E-state index in [1.807, 2.05) is 0 Å². The Morgan fingerprint density at radius 2 is 1.32 bits per heavy atom. The van der Waals surface area contributed by atoms with E-state index in [9.17, 15) is 9.59 Å². The molecular weight excluding hydrogens is 336 g/mol. The monoisotopic (exact) mass is 370 g/mol. The van der Waals surface area contributed by atoms with Gasteiger partial charge in [0.15, 0.2) is 5.92 Å². The fourth-order valence-corrected chi connectivity index (χ4v) is 8.75. The first-order valence-corrected chi connectivity index (χ1v) is 10.9. The minimum atomic E-state index is -2.06. The predicted octanol–water partition coefficient (Wildman–Crippen LogP) is 4.60. The van der Waals surface area contributed by atoms with E-state index in [2.05, 4.69) is 57.6 Å². The van der Waals surface area contributed by atoms with Gasteiger partial charge >= 0.3 is 11.9 Å². The van der Waals surface area contributed by atoms with E-state index in [-0.39, 0.29) is 6.42 Å². The number of hydrogen-bond donors (Lipinski definition) is 0. The summed E-state index contributed by atoms with van der Waals surface area (Å²) in [5, 5.41) is 0. The number of esters is 2. The highest BCUT2D eigenvalue weighted by atomic mass is 28.4. The number of methoxy groups -OCH3 is 2. The predicted molar refractivity (Wildman–Crippen MR) is 103 cm³/mol. The smallest absolute Gasteiger partial charge is 0.320 e. The number of hydrogen-bond acceptors (Lipinski definition) is 5. The summed E-state index contributed by atoms with van der Waals surface area (Å²) in [4.78, 5) is 23.4. The lowest BCUT2D eigenvalue weighted by Gasteiger charge is -2.42. The van der Waals surface area contributed by atoms with Crippen LogP contribution in [0.15, 0.2) is 24.5 Å². The molecular formula is C19H34O5Si. The van der Waals surface area contributed by atoms with Crippen molar-refractivity contribution in [2.45, 2.75) is 64.6 Å². The zero-order valence-electron chi connectivity index (χ0n) is 16.9. The lowest BCUT2D eigenvalue weighted by molar-refractivity contribution is -0.158. The fourth-order valence-electron chi connectivity index (χ4n) is 3.52. The quantitative estimate of drug-likeness (QED) is 0.185. The van der Waals surface area contributed by atoms with Gasteiger partial charge in [0.1, 0.15) is 0 Å². The fraction of sp³-hybridized carbons (Fsp3) is 0.684. The van der Waals surface area contributed by atoms with Crippen molar-refractivity contribution >= 4 is 20.3 Å². The maximum atomic E-state index is 11.7. The third-order valence-electron chi connectivity index (χ3n) is 4.66. The van der Waals surface area contributed by atoms with Crippen molar-refractivity contribution in [1.29, 1.82) is 0 Å². The average Bonchev–Trinajstić information content (AvgIpc) is 2.54. The molecule has 0 atom stereocenters. The standard InChI is InChI=1S/C19H34O5Si/c1-13(2)25(14(3)4,15(5)6)24-16(7)11-10-12-17(18(20)22-8)19(21)23-9/h10-11,13-15,17H,7,12H2,1-6,8-9H3/b11-10+. The summed E-state index contributed by atoms with van der Waals surface area (Å²) in [7, 11) is 0.437. The molecule has 0 spiro atoms. The molecule has 0 saturated carbocycles. The van der Waals surface area contributed by atoms with Gasteiger partial charge in [0, 0.05) is 0 Å². The number of ether oxygens (including phenoxy) is 2. The van der Waals surface area contributed by atoms with Crippen molar-refractivity contribution in [2.24, 2.45) is 5.92 Å². The summed E-state index contributed by atoms with van der Waals surface area (Å²) in [6.45, 7) is 17.2. The first kappa shape index (κ1) is 23.4. The summed E-state index contributed by atoms with van der Waals surface area (Å²) < 4.78 is 15.7. The zero-order chi connectivity index (χ0) is 19.8. The number of carbonyl (C=O) groups excluding carboxylic acids is 2. The molecule has 0 aromatic rings. The van der Waals surface area contributed by atoms with Gasteiger partial charge in [-0.05, 0) is 29.1 Å². The minimum absolute atomic E-state index is 0.182. The molecule has 0 bridgehead atoms. The zero-order valence-corrected chi connectivity index (χ0v) is 17.9. The maximum absolute atomic E-state index is 11.7. The molecule has 5 nitrogen and oxygen atoms in total. The van der Waals surface area contributed by atoms with Gasteiger partial charge in [-0.25, -0.2) is 0 Å². The normalized spacial score (nSPS) is 12.3. The number of rotatable bonds is 10. The average molecular weight is 371 g/mol. The Hall–Kier alpha value is -1.56. The first-order valence-electron chi connectivity index (χ1n) is 8.74. The topological polar surface area (TPSA) is 61.8 Å². The Morgan fingerprint density at radius 1 is 0.920 bits per heavy atom. The molecule has 0 aliphatic rings. The lowest BCUT2D eigenvalue weighted by atomic mass is 10.1. The maximum Gasteiger partial charge on any atom is 0.320 e. The second-order valence-electron chi connectivity index (χ2n) is 7.12. The molecule has 0 aromatic carbocycles. The molecule has 0 fully saturated rings. The summed E-state index contributed by atoms with van der Waals surface area (Å²) in [5.74, 6) is -1.63. The van der Waals surface area contributed by atoms with E-state index in [4.69, 9.17) is 4.43 Å². The summed E-state index contributed by atoms with van der Waals surface area (Å²) in [6, 6.07) is 0. The van der Waals surface area contributed by atoms with E-state index in [0.717, 1.165) is 0 Å². The van der Waals surface area contributed by atoms with Crippen LogP contribution >= 0.6 is 0 Å². The Labute approximate surface area is 153 Å². The number of carbonyl (C=O) groups is 2. The van der Waals surface area contributed by atoms with E-state index in [0.29, 0.717) is 22.4 Å². The van der Waals surface area contributed by atoms with Crippen LogP contribution in [0, 0.1) is 5.92 Å². The molecule has 0 amide bonds. The van der Waals surface area contributed by atoms with Gasteiger partial charge in [-0.15, -0.1) is 0 Å². The van der Waals surface area contributed by atoms with E-state index >= 15 is 0 Å². The van der Waals surface area contributed by atoms with Crippen LogP contribution in [0.1, 0.15) is 48.0 Å². The Kier molecular flexibility index (Phi) is 9.78. The molecule has 0 N–H and O–H groups in total. The van der Waals surface area contributed by atoms with Crippen molar-refractivity contribution in [3.05, 3.63) is 24.5 Å². The van der Waals surface area contributed by atoms with Gasteiger partial charge in [0.2, 0.25) is 0 Å². The van der Waals surface area contributed by atoms with Crippen molar-refractivity contribution in [2.75, 3.05) is 14.2 Å². The van der Waals surface area contributed by atoms with E-state index < -0.39 is 26.2 Å². The van der Waals surface area contributed by atoms with Gasteiger partial charge in [0.25, 0.3) is 8.32 Å². The molecule has 0 radical (unpaired) electrons. The second-order valence-corrected chi connectivity index (χ2v) is 12.5. The molecule has 0 aromatic heterocycles. The SMILES string of the molecule is C=C(/C=C/CC(C(=O)OC)C(=O)OC)O[Si](C(C)C)(C(C)C)C(C)C. The molecule has 0 aliphatic heterocycles. The van der Waals surface area contributed by atoms with Gasteiger partial charge < -0.3 is 13.9 Å². The third-order valence-corrected chi connectivity index (χ3v) is 10.7. The van der Waals surface area contributed by atoms with Crippen LogP contribution in [-0.4, -0.2) is 34.5 Å². The third kappa shape index (κ3) is 6.03. The molecule has 144 valence electrons. The van der Waals surface area contributed by atoms with Gasteiger partial charge in [-0.2, -0.15) is 0 Å². The van der Waals surface area contributed by atoms with Crippen LogP contribution in [0.25, 0.3) is 0 Å². The van der Waals surface area contributed by atoms with Crippen molar-refractivity contribution in [1.82, 2.24) is 0 Å². The molecule has 0 aliphatic carbocycles. The highest BCUT2D eigenvalue weighted by molar-refractivity contribution is 6.77. The minimum Gasteiger partial charge on any atom is -0.543 e. The van der Waals surface area contributed by atoms with Gasteiger partial charge in [-0.3, -0.25) is 9.59 Å². The van der Waals surface area contributed by atoms with Crippen molar-refractivity contribution < 1.29 is 23.5 Å². The van der Waals surface area contributed by atoms with Crippen LogP contribution in [0.4, 0.5) is 0 Å². The molecule has 6 heteroatoms. The van der Waals surface area contributed by atoms with E-state index in [1.54, 1.807) is 12.2 Å². The Morgan fingerprint density at radius 3 is 1.64 bits per heavy atom. The Bertz CT molecular complexity index is 456. The van der Waals surface area contributed by atoms with Crippen LogP contribution in [0.3, 0.4) is 0 Å². The molecule has 0 heterocycles. The Balaban J connectivity index is 5.15. The van der Waals surface area contributed by atoms with Crippen LogP contribution in [0.2, 0.25) is 16.6 Å². The highest BCUT2D eigenvalue weighted by Crippen LogP contribution is 2.43. The van der Waals surface area contributed by atoms with Gasteiger partial charge in [0.05, 0.1) is 20.0 Å². The van der Waals surface area contributed by atoms with Crippen LogP contribution < -0.4 is 0 Å². The second kappa shape index (κ2) is 10.4. The van der Waals surface area contributed by atoms with Crippen LogP contribution in [0.5, 0.6) is 0 Å². The largest absolute Gasteiger partial charge is 0.543 e. The summed E-state index contributed by atoms with van der Waals surface area (Å²) in [6.07, 6.45) is 3.62. The van der Waals surface area contributed by atoms with Crippen molar-refractivity contribution in [3.8, 4) is 0 Å².